The Balaban J connectivity index is 1.68. The molecule has 0 atom stereocenters. The number of nitro benzene ring substituents is 1. The predicted molar refractivity (Wildman–Crippen MR) is 102 cm³/mol. The molecular weight excluding hydrogens is 390 g/mol. The quantitative estimate of drug-likeness (QED) is 0.600. The number of halogens is 1. The summed E-state index contributed by atoms with van der Waals surface area (Å²) in [5, 5.41) is 11.8. The molecule has 2 aromatic rings. The second-order valence-corrected chi connectivity index (χ2v) is 9.04. The average Bonchev–Trinajstić information content (AvgIpc) is 2.64. The number of aryl methyl sites for hydroxylation is 1. The molecule has 0 amide bonds. The summed E-state index contributed by atoms with van der Waals surface area (Å²) in [4.78, 5) is 11.8. The van der Waals surface area contributed by atoms with Crippen LogP contribution in [-0.4, -0.2) is 43.8 Å². The van der Waals surface area contributed by atoms with Crippen LogP contribution in [0.4, 0.5) is 5.69 Å². The summed E-state index contributed by atoms with van der Waals surface area (Å²) in [6.45, 7) is 4.51. The van der Waals surface area contributed by atoms with Crippen LogP contribution < -0.4 is 4.90 Å². The average molecular weight is 411 g/mol. The minimum atomic E-state index is -3.74. The molecule has 0 aliphatic carbocycles. The van der Waals surface area contributed by atoms with E-state index >= 15 is 0 Å². The summed E-state index contributed by atoms with van der Waals surface area (Å²) in [6.07, 6.45) is 0. The monoisotopic (exact) mass is 410 g/mol. The van der Waals surface area contributed by atoms with Crippen LogP contribution in [0.5, 0.6) is 0 Å². The number of benzene rings is 2. The van der Waals surface area contributed by atoms with Gasteiger partial charge >= 0.3 is 0 Å². The van der Waals surface area contributed by atoms with Gasteiger partial charge in [-0.2, -0.15) is 4.31 Å². The molecule has 1 heterocycles. The van der Waals surface area contributed by atoms with Crippen molar-refractivity contribution in [3.63, 3.8) is 0 Å². The minimum absolute atomic E-state index is 0.0269. The molecular formula is C18H21ClN3O4S+. The van der Waals surface area contributed by atoms with Gasteiger partial charge in [0.25, 0.3) is 5.69 Å². The maximum Gasteiger partial charge on any atom is 0.273 e. The van der Waals surface area contributed by atoms with Crippen molar-refractivity contribution in [3.8, 4) is 0 Å². The van der Waals surface area contributed by atoms with Crippen molar-refractivity contribution in [2.45, 2.75) is 18.4 Å². The van der Waals surface area contributed by atoms with Crippen LogP contribution in [0.1, 0.15) is 11.1 Å². The van der Waals surface area contributed by atoms with E-state index in [0.717, 1.165) is 18.2 Å². The first-order valence-corrected chi connectivity index (χ1v) is 10.4. The number of nitrogens with one attached hydrogen (secondary N) is 1. The van der Waals surface area contributed by atoms with Crippen molar-refractivity contribution >= 4 is 27.3 Å². The zero-order chi connectivity index (χ0) is 19.6. The van der Waals surface area contributed by atoms with Crippen molar-refractivity contribution in [2.24, 2.45) is 0 Å². The fourth-order valence-corrected chi connectivity index (χ4v) is 4.79. The van der Waals surface area contributed by atoms with Gasteiger partial charge in [-0.05, 0) is 25.1 Å². The molecule has 0 bridgehead atoms. The molecule has 2 aromatic carbocycles. The highest BCUT2D eigenvalue weighted by atomic mass is 35.5. The molecule has 7 nitrogen and oxygen atoms in total. The second-order valence-electron chi connectivity index (χ2n) is 6.66. The van der Waals surface area contributed by atoms with Crippen LogP contribution in [0.2, 0.25) is 5.02 Å². The van der Waals surface area contributed by atoms with Gasteiger partial charge in [-0.15, -0.1) is 0 Å². The number of sulfonamides is 1. The molecule has 0 aromatic heterocycles. The van der Waals surface area contributed by atoms with E-state index in [2.05, 4.69) is 0 Å². The Hall–Kier alpha value is -2.00. The van der Waals surface area contributed by atoms with E-state index in [4.69, 9.17) is 11.6 Å². The lowest BCUT2D eigenvalue weighted by molar-refractivity contribution is -0.917. The number of hydrogen-bond donors (Lipinski definition) is 1. The largest absolute Gasteiger partial charge is 0.329 e. The number of quaternary nitrogens is 1. The van der Waals surface area contributed by atoms with Crippen molar-refractivity contribution in [1.29, 1.82) is 0 Å². The number of hydrogen-bond acceptors (Lipinski definition) is 4. The standard InChI is InChI=1S/C18H20ClN3O4S/c1-14-2-7-17(12-18(14)22(23)24)27(25,26)21-10-8-20(9-11-21)13-15-3-5-16(19)6-4-15/h2-7,12H,8-11,13H2,1H3/p+1. The Morgan fingerprint density at radius 2 is 1.78 bits per heavy atom. The minimum Gasteiger partial charge on any atom is -0.329 e. The van der Waals surface area contributed by atoms with Gasteiger partial charge in [0.05, 0.1) is 36.0 Å². The molecule has 9 heteroatoms. The molecule has 1 N–H and O–H groups in total. The fraction of sp³-hybridized carbons (Fsp3) is 0.333. The zero-order valence-corrected chi connectivity index (χ0v) is 16.5. The second kappa shape index (κ2) is 7.93. The topological polar surface area (TPSA) is 85.0 Å². The summed E-state index contributed by atoms with van der Waals surface area (Å²) < 4.78 is 27.1. The third kappa shape index (κ3) is 4.47. The molecule has 0 radical (unpaired) electrons. The van der Waals surface area contributed by atoms with Gasteiger partial charge in [0.2, 0.25) is 10.0 Å². The van der Waals surface area contributed by atoms with E-state index in [-0.39, 0.29) is 10.6 Å². The van der Waals surface area contributed by atoms with E-state index in [1.807, 2.05) is 24.3 Å². The molecule has 0 unspecified atom stereocenters. The molecule has 1 aliphatic rings. The summed E-state index contributed by atoms with van der Waals surface area (Å²) in [5.41, 5.74) is 1.42. The van der Waals surface area contributed by atoms with Crippen molar-refractivity contribution in [1.82, 2.24) is 4.31 Å². The maximum absolute atomic E-state index is 12.9. The van der Waals surface area contributed by atoms with Crippen molar-refractivity contribution in [2.75, 3.05) is 26.2 Å². The molecule has 0 saturated carbocycles. The molecule has 27 heavy (non-hydrogen) atoms. The molecule has 144 valence electrons. The summed E-state index contributed by atoms with van der Waals surface area (Å²) in [6, 6.07) is 11.7. The Bertz CT molecular complexity index is 940. The smallest absolute Gasteiger partial charge is 0.273 e. The van der Waals surface area contributed by atoms with Crippen LogP contribution in [0.15, 0.2) is 47.4 Å². The van der Waals surface area contributed by atoms with Gasteiger partial charge in [-0.25, -0.2) is 8.42 Å². The van der Waals surface area contributed by atoms with Crippen molar-refractivity contribution in [3.05, 3.63) is 68.7 Å². The number of nitro groups is 1. The molecule has 0 spiro atoms. The molecule has 3 rings (SSSR count). The van der Waals surface area contributed by atoms with Crippen molar-refractivity contribution < 1.29 is 18.2 Å². The Labute approximate surface area is 163 Å². The number of nitrogens with zero attached hydrogens (tertiary/aromatic N) is 2. The SMILES string of the molecule is Cc1ccc(S(=O)(=O)N2CC[NH+](Cc3ccc(Cl)cc3)CC2)cc1[N+](=O)[O-]. The van der Waals surface area contributed by atoms with Crippen LogP contribution in [0.3, 0.4) is 0 Å². The Morgan fingerprint density at radius 1 is 1.15 bits per heavy atom. The summed E-state index contributed by atoms with van der Waals surface area (Å²) in [5.74, 6) is 0. The van der Waals surface area contributed by atoms with Crippen LogP contribution in [0, 0.1) is 17.0 Å². The van der Waals surface area contributed by atoms with E-state index in [1.54, 1.807) is 6.92 Å². The molecule has 1 fully saturated rings. The fourth-order valence-electron chi connectivity index (χ4n) is 3.21. The molecule has 1 saturated heterocycles. The lowest BCUT2D eigenvalue weighted by Gasteiger charge is -2.31. The van der Waals surface area contributed by atoms with Crippen LogP contribution in [-0.2, 0) is 16.6 Å². The van der Waals surface area contributed by atoms with Crippen LogP contribution in [0.25, 0.3) is 0 Å². The predicted octanol–water partition coefficient (Wildman–Crippen LogP) is 1.65. The lowest BCUT2D eigenvalue weighted by Crippen LogP contribution is -3.13. The lowest BCUT2D eigenvalue weighted by atomic mass is 10.2. The first kappa shape index (κ1) is 19.8. The highest BCUT2D eigenvalue weighted by molar-refractivity contribution is 7.89. The Morgan fingerprint density at radius 3 is 2.37 bits per heavy atom. The summed E-state index contributed by atoms with van der Waals surface area (Å²) in [7, 11) is -3.74. The highest BCUT2D eigenvalue weighted by Gasteiger charge is 2.31. The normalized spacial score (nSPS) is 16.4. The highest BCUT2D eigenvalue weighted by Crippen LogP contribution is 2.24. The Kier molecular flexibility index (Phi) is 5.81. The third-order valence-electron chi connectivity index (χ3n) is 4.81. The first-order chi connectivity index (χ1) is 12.8. The van der Waals surface area contributed by atoms with Crippen LogP contribution >= 0.6 is 11.6 Å². The van der Waals surface area contributed by atoms with E-state index in [9.17, 15) is 18.5 Å². The van der Waals surface area contributed by atoms with E-state index in [0.29, 0.717) is 36.8 Å². The number of piperazine rings is 1. The maximum atomic E-state index is 12.9. The first-order valence-electron chi connectivity index (χ1n) is 8.60. The third-order valence-corrected chi connectivity index (χ3v) is 6.96. The van der Waals surface area contributed by atoms with Gasteiger partial charge in [-0.1, -0.05) is 29.8 Å². The van der Waals surface area contributed by atoms with Gasteiger partial charge < -0.3 is 4.90 Å². The van der Waals surface area contributed by atoms with E-state index in [1.165, 1.54) is 21.3 Å². The van der Waals surface area contributed by atoms with Gasteiger partial charge in [0, 0.05) is 22.2 Å². The van der Waals surface area contributed by atoms with Gasteiger partial charge in [0.15, 0.2) is 0 Å². The zero-order valence-electron chi connectivity index (χ0n) is 14.9. The van der Waals surface area contributed by atoms with E-state index < -0.39 is 14.9 Å². The number of rotatable bonds is 5. The summed E-state index contributed by atoms with van der Waals surface area (Å²) >= 11 is 5.90. The van der Waals surface area contributed by atoms with Gasteiger partial charge in [-0.3, -0.25) is 10.1 Å². The molecule has 1 aliphatic heterocycles. The van der Waals surface area contributed by atoms with Gasteiger partial charge in [0.1, 0.15) is 6.54 Å².